The first kappa shape index (κ1) is 28.2. The standard InChI is InChI=1S/C32H26I2N2O4S/c1-4-13-40-30-24(33)14-18(15-25(30)34)16-27-31(37)36-29(23-17-20(38-2)10-12-26(23)39-3)22-11-9-19-7-5-6-8-21(19)28(22)35-32(36)41-27/h4-8,10,12,14-17,29H,1,9,11,13H2,2-3H3/b27-16+/t29-/m1/s1. The number of ether oxygens (including phenoxy) is 3. The molecule has 1 aromatic heterocycles. The maximum Gasteiger partial charge on any atom is 0.271 e. The topological polar surface area (TPSA) is 62.0 Å². The third kappa shape index (κ3) is 5.16. The Labute approximate surface area is 269 Å². The Morgan fingerprint density at radius 1 is 1.07 bits per heavy atom. The van der Waals surface area contributed by atoms with Gasteiger partial charge in [0, 0.05) is 11.1 Å². The van der Waals surface area contributed by atoms with Gasteiger partial charge in [-0.05, 0) is 111 Å². The van der Waals surface area contributed by atoms with Gasteiger partial charge in [0.15, 0.2) is 4.80 Å². The molecule has 9 heteroatoms. The van der Waals surface area contributed by atoms with Crippen LogP contribution < -0.4 is 29.1 Å². The van der Waals surface area contributed by atoms with E-state index in [1.807, 2.05) is 47.0 Å². The minimum atomic E-state index is -0.364. The Morgan fingerprint density at radius 2 is 1.85 bits per heavy atom. The minimum Gasteiger partial charge on any atom is -0.497 e. The molecule has 0 spiro atoms. The fraction of sp³-hybridized carbons (Fsp3) is 0.188. The van der Waals surface area contributed by atoms with Gasteiger partial charge >= 0.3 is 0 Å². The Morgan fingerprint density at radius 3 is 2.59 bits per heavy atom. The van der Waals surface area contributed by atoms with E-state index in [0.717, 1.165) is 53.7 Å². The third-order valence-corrected chi connectivity index (χ3v) is 9.85. The Hall–Kier alpha value is -2.90. The Bertz CT molecular complexity index is 1880. The number of nitrogens with zero attached hydrogens (tertiary/aromatic N) is 2. The Kier molecular flexibility index (Phi) is 8.10. The minimum absolute atomic E-state index is 0.0777. The van der Waals surface area contributed by atoms with E-state index < -0.39 is 0 Å². The summed E-state index contributed by atoms with van der Waals surface area (Å²) in [5, 5.41) is 0. The van der Waals surface area contributed by atoms with E-state index in [9.17, 15) is 4.79 Å². The molecular formula is C32H26I2N2O4S. The zero-order valence-electron chi connectivity index (χ0n) is 22.4. The molecule has 0 bridgehead atoms. The first-order chi connectivity index (χ1) is 19.9. The number of aromatic nitrogens is 1. The van der Waals surface area contributed by atoms with Crippen LogP contribution in [0.15, 0.2) is 82.6 Å². The highest BCUT2D eigenvalue weighted by molar-refractivity contribution is 14.1. The largest absolute Gasteiger partial charge is 0.497 e. The van der Waals surface area contributed by atoms with Gasteiger partial charge < -0.3 is 14.2 Å². The molecule has 0 N–H and O–H groups in total. The van der Waals surface area contributed by atoms with Crippen LogP contribution in [0.25, 0.3) is 11.8 Å². The van der Waals surface area contributed by atoms with Crippen LogP contribution in [0.3, 0.4) is 0 Å². The van der Waals surface area contributed by atoms with Crippen LogP contribution in [0.5, 0.6) is 17.2 Å². The summed E-state index contributed by atoms with van der Waals surface area (Å²) in [6.45, 7) is 4.17. The smallest absolute Gasteiger partial charge is 0.271 e. The van der Waals surface area contributed by atoms with Gasteiger partial charge in [-0.3, -0.25) is 9.36 Å². The van der Waals surface area contributed by atoms with Gasteiger partial charge in [0.05, 0.1) is 37.6 Å². The number of fused-ring (bicyclic) bond motifs is 3. The maximum atomic E-state index is 14.2. The molecule has 1 atom stereocenters. The normalized spacial score (nSPS) is 15.9. The lowest BCUT2D eigenvalue weighted by atomic mass is 9.83. The summed E-state index contributed by atoms with van der Waals surface area (Å²) in [6.07, 6.45) is 5.36. The number of hydrogen-bond acceptors (Lipinski definition) is 6. The lowest BCUT2D eigenvalue weighted by Gasteiger charge is -2.31. The molecule has 6 rings (SSSR count). The molecule has 2 aliphatic rings. The van der Waals surface area contributed by atoms with Gasteiger partial charge in [-0.25, -0.2) is 4.99 Å². The van der Waals surface area contributed by atoms with E-state index in [2.05, 4.69) is 70.0 Å². The number of benzene rings is 3. The summed E-state index contributed by atoms with van der Waals surface area (Å²) in [5.74, 6) is 2.24. The molecule has 208 valence electrons. The number of halogens is 2. The summed E-state index contributed by atoms with van der Waals surface area (Å²) in [4.78, 5) is 20.0. The lowest BCUT2D eigenvalue weighted by Crippen LogP contribution is -2.39. The highest BCUT2D eigenvalue weighted by atomic mass is 127. The first-order valence-electron chi connectivity index (χ1n) is 13.0. The van der Waals surface area contributed by atoms with E-state index in [1.165, 1.54) is 16.9 Å². The second kappa shape index (κ2) is 11.8. The molecule has 41 heavy (non-hydrogen) atoms. The van der Waals surface area contributed by atoms with Crippen LogP contribution in [0.4, 0.5) is 0 Å². The van der Waals surface area contributed by atoms with E-state index >= 15 is 0 Å². The van der Waals surface area contributed by atoms with Gasteiger partial charge in [0.2, 0.25) is 0 Å². The molecule has 0 saturated carbocycles. The average Bonchev–Trinajstić information content (AvgIpc) is 3.29. The van der Waals surface area contributed by atoms with Gasteiger partial charge in [0.1, 0.15) is 23.9 Å². The molecule has 0 unspecified atom stereocenters. The molecule has 0 amide bonds. The van der Waals surface area contributed by atoms with E-state index in [0.29, 0.717) is 27.4 Å². The fourth-order valence-electron chi connectivity index (χ4n) is 5.45. The van der Waals surface area contributed by atoms with Crippen molar-refractivity contribution in [2.24, 2.45) is 4.99 Å². The number of hydrogen-bond donors (Lipinski definition) is 0. The summed E-state index contributed by atoms with van der Waals surface area (Å²) in [6, 6.07) is 17.9. The zero-order valence-corrected chi connectivity index (χ0v) is 27.6. The summed E-state index contributed by atoms with van der Waals surface area (Å²) in [5.41, 5.74) is 6.19. The van der Waals surface area contributed by atoms with Crippen LogP contribution in [-0.2, 0) is 6.42 Å². The summed E-state index contributed by atoms with van der Waals surface area (Å²) in [7, 11) is 3.31. The van der Waals surface area contributed by atoms with Crippen LogP contribution in [-0.4, -0.2) is 25.4 Å². The maximum absolute atomic E-state index is 14.2. The van der Waals surface area contributed by atoms with E-state index in [-0.39, 0.29) is 11.6 Å². The summed E-state index contributed by atoms with van der Waals surface area (Å²) >= 11 is 5.96. The van der Waals surface area contributed by atoms with Crippen LogP contribution in [0.1, 0.15) is 34.7 Å². The van der Waals surface area contributed by atoms with Crippen molar-refractivity contribution in [3.63, 3.8) is 0 Å². The SMILES string of the molecule is C=CCOc1c(I)cc(/C=c2/sc3n(c2=O)[C@@H](c2cc(OC)ccc2OC)C2=C(N=3)c3ccccc3CC2)cc1I. The number of rotatable bonds is 7. The van der Waals surface area contributed by atoms with Crippen LogP contribution in [0.2, 0.25) is 0 Å². The monoisotopic (exact) mass is 788 g/mol. The number of thiazole rings is 1. The third-order valence-electron chi connectivity index (χ3n) is 7.27. The molecule has 0 fully saturated rings. The number of aryl methyl sites for hydroxylation is 1. The van der Waals surface area contributed by atoms with Crippen molar-refractivity contribution in [1.82, 2.24) is 4.57 Å². The second-order valence-corrected chi connectivity index (χ2v) is 13.0. The predicted octanol–water partition coefficient (Wildman–Crippen LogP) is 6.11. The molecule has 0 saturated heterocycles. The van der Waals surface area contributed by atoms with Crippen molar-refractivity contribution in [2.45, 2.75) is 18.9 Å². The van der Waals surface area contributed by atoms with Crippen molar-refractivity contribution in [3.8, 4) is 17.2 Å². The molecular weight excluding hydrogens is 762 g/mol. The fourth-order valence-corrected chi connectivity index (χ4v) is 8.58. The molecule has 1 aliphatic carbocycles. The molecule has 6 nitrogen and oxygen atoms in total. The molecule has 4 aromatic rings. The molecule has 0 radical (unpaired) electrons. The molecule has 2 heterocycles. The second-order valence-electron chi connectivity index (χ2n) is 9.63. The first-order valence-corrected chi connectivity index (χ1v) is 16.0. The van der Waals surface area contributed by atoms with Crippen molar-refractivity contribution in [3.05, 3.63) is 122 Å². The van der Waals surface area contributed by atoms with Crippen LogP contribution >= 0.6 is 56.5 Å². The highest BCUT2D eigenvalue weighted by Gasteiger charge is 2.34. The van der Waals surface area contributed by atoms with E-state index in [4.69, 9.17) is 19.2 Å². The number of allylic oxidation sites excluding steroid dienone is 1. The lowest BCUT2D eigenvalue weighted by molar-refractivity contribution is 0.358. The van der Waals surface area contributed by atoms with Gasteiger partial charge in [-0.2, -0.15) is 0 Å². The predicted molar refractivity (Wildman–Crippen MR) is 180 cm³/mol. The number of methoxy groups -OCH3 is 2. The van der Waals surface area contributed by atoms with Crippen LogP contribution in [0, 0.1) is 7.14 Å². The van der Waals surface area contributed by atoms with Crippen molar-refractivity contribution in [2.75, 3.05) is 20.8 Å². The highest BCUT2D eigenvalue weighted by Crippen LogP contribution is 2.44. The van der Waals surface area contributed by atoms with Gasteiger partial charge in [-0.15, -0.1) is 0 Å². The Balaban J connectivity index is 1.59. The summed E-state index contributed by atoms with van der Waals surface area (Å²) < 4.78 is 21.7. The van der Waals surface area contributed by atoms with Gasteiger partial charge in [-0.1, -0.05) is 48.3 Å². The van der Waals surface area contributed by atoms with Crippen molar-refractivity contribution < 1.29 is 14.2 Å². The average molecular weight is 788 g/mol. The molecule has 1 aliphatic heterocycles. The molecule has 3 aromatic carbocycles. The quantitative estimate of drug-likeness (QED) is 0.168. The van der Waals surface area contributed by atoms with Gasteiger partial charge in [0.25, 0.3) is 5.56 Å². The van der Waals surface area contributed by atoms with Crippen molar-refractivity contribution >= 4 is 68.3 Å². The van der Waals surface area contributed by atoms with E-state index in [1.54, 1.807) is 20.3 Å². The van der Waals surface area contributed by atoms with Crippen molar-refractivity contribution in [1.29, 1.82) is 0 Å². The zero-order chi connectivity index (χ0) is 28.7.